The Morgan fingerprint density at radius 3 is 0.766 bits per heavy atom. The number of aliphatic hydroxyl groups excluding tert-OH is 1. The van der Waals surface area contributed by atoms with Crippen molar-refractivity contribution in [3.05, 3.63) is 24.3 Å². The van der Waals surface area contributed by atoms with Crippen molar-refractivity contribution in [2.75, 3.05) is 39.6 Å². The van der Waals surface area contributed by atoms with Crippen LogP contribution in [0.3, 0.4) is 0 Å². The maximum Gasteiger partial charge on any atom is 0.472 e. The average Bonchev–Trinajstić information content (AvgIpc) is 0.905. The zero-order valence-electron chi connectivity index (χ0n) is 69.8. The summed E-state index contributed by atoms with van der Waals surface area (Å²) in [6.45, 7) is 7.28. The maximum atomic E-state index is 13.2. The van der Waals surface area contributed by atoms with Gasteiger partial charge in [0.25, 0.3) is 0 Å². The molecule has 2 unspecified atom stereocenters. The van der Waals surface area contributed by atoms with E-state index in [2.05, 4.69) is 58.9 Å². The number of phosphoric acid groups is 2. The van der Waals surface area contributed by atoms with E-state index in [1.807, 2.05) is 0 Å². The lowest BCUT2D eigenvalue weighted by Gasteiger charge is -2.21. The quantitative estimate of drug-likeness (QED) is 0.0169. The largest absolute Gasteiger partial charge is 0.472 e. The summed E-state index contributed by atoms with van der Waals surface area (Å²) in [5.74, 6) is -1.39. The number of ether oxygens (including phenoxy) is 4. The van der Waals surface area contributed by atoms with Gasteiger partial charge in [-0.05, 0) is 57.3 Å². The molecule has 0 saturated heterocycles. The number of aliphatic hydroxyl groups is 1. The first-order valence-electron chi connectivity index (χ1n) is 45.0. The first-order valence-corrected chi connectivity index (χ1v) is 47.9. The molecule has 0 spiro atoms. The highest BCUT2D eigenvalue weighted by molar-refractivity contribution is 7.47. The first kappa shape index (κ1) is 105. The normalized spacial score (nSPS) is 13.9. The fraction of sp³-hybridized carbons (Fsp3) is 0.909. The van der Waals surface area contributed by atoms with Crippen LogP contribution in [-0.2, 0) is 65.4 Å². The van der Waals surface area contributed by atoms with Gasteiger partial charge in [0.15, 0.2) is 12.2 Å². The fourth-order valence-corrected chi connectivity index (χ4v) is 14.9. The topological polar surface area (TPSA) is 237 Å². The van der Waals surface area contributed by atoms with Crippen molar-refractivity contribution in [2.45, 2.75) is 470 Å². The van der Waals surface area contributed by atoms with Crippen LogP contribution in [0.5, 0.6) is 0 Å². The molecule has 0 aliphatic carbocycles. The van der Waals surface area contributed by atoms with Gasteiger partial charge in [-0.3, -0.25) is 37.3 Å². The van der Waals surface area contributed by atoms with Gasteiger partial charge in [0.1, 0.15) is 19.3 Å². The van der Waals surface area contributed by atoms with Crippen LogP contribution in [0.4, 0.5) is 0 Å². The van der Waals surface area contributed by atoms with Crippen LogP contribution >= 0.6 is 15.6 Å². The lowest BCUT2D eigenvalue weighted by molar-refractivity contribution is -0.161. The average molecular weight is 1560 g/mol. The molecule has 0 aliphatic rings. The number of carbonyl (C=O) groups is 4. The van der Waals surface area contributed by atoms with Gasteiger partial charge in [-0.25, -0.2) is 9.13 Å². The van der Waals surface area contributed by atoms with E-state index in [4.69, 9.17) is 37.0 Å². The molecule has 0 aliphatic heterocycles. The highest BCUT2D eigenvalue weighted by Crippen LogP contribution is 2.45. The fourth-order valence-electron chi connectivity index (χ4n) is 13.3. The summed E-state index contributed by atoms with van der Waals surface area (Å²) in [6, 6.07) is 0. The minimum atomic E-state index is -4.97. The molecule has 0 saturated carbocycles. The lowest BCUT2D eigenvalue weighted by Crippen LogP contribution is -2.30. The number of esters is 4. The molecular weight excluding hydrogens is 1390 g/mol. The predicted octanol–water partition coefficient (Wildman–Crippen LogP) is 26.7. The number of hydrogen-bond acceptors (Lipinski definition) is 15. The van der Waals surface area contributed by atoms with Gasteiger partial charge in [0.2, 0.25) is 0 Å². The van der Waals surface area contributed by atoms with E-state index in [1.165, 1.54) is 263 Å². The van der Waals surface area contributed by atoms with Crippen LogP contribution in [0.15, 0.2) is 24.3 Å². The molecule has 0 amide bonds. The zero-order chi connectivity index (χ0) is 78.3. The van der Waals surface area contributed by atoms with Gasteiger partial charge >= 0.3 is 39.5 Å². The van der Waals surface area contributed by atoms with Gasteiger partial charge in [0, 0.05) is 25.7 Å². The highest BCUT2D eigenvalue weighted by Gasteiger charge is 2.30. The molecule has 5 atom stereocenters. The predicted molar refractivity (Wildman–Crippen MR) is 441 cm³/mol. The Morgan fingerprint density at radius 2 is 0.505 bits per heavy atom. The molecule has 19 heteroatoms. The van der Waals surface area contributed by atoms with Crippen molar-refractivity contribution in [2.24, 2.45) is 5.92 Å². The lowest BCUT2D eigenvalue weighted by atomic mass is 10.0. The zero-order valence-corrected chi connectivity index (χ0v) is 71.6. The van der Waals surface area contributed by atoms with Crippen molar-refractivity contribution in [3.8, 4) is 0 Å². The summed E-state index contributed by atoms with van der Waals surface area (Å²) < 4.78 is 68.9. The summed E-state index contributed by atoms with van der Waals surface area (Å²) in [4.78, 5) is 73.3. The number of carbonyl (C=O) groups excluding carboxylic acids is 4. The smallest absolute Gasteiger partial charge is 0.462 e. The number of rotatable bonds is 86. The Morgan fingerprint density at radius 1 is 0.290 bits per heavy atom. The summed E-state index contributed by atoms with van der Waals surface area (Å²) >= 11 is 0. The number of hydrogen-bond donors (Lipinski definition) is 3. The Labute approximate surface area is 656 Å². The van der Waals surface area contributed by atoms with Crippen LogP contribution in [0.2, 0.25) is 0 Å². The molecule has 17 nitrogen and oxygen atoms in total. The number of unbranched alkanes of at least 4 members (excludes halogenated alkanes) is 55. The van der Waals surface area contributed by atoms with E-state index in [9.17, 15) is 43.2 Å². The maximum absolute atomic E-state index is 13.2. The van der Waals surface area contributed by atoms with Crippen LogP contribution in [-0.4, -0.2) is 96.7 Å². The molecule has 0 aromatic carbocycles. The van der Waals surface area contributed by atoms with Crippen molar-refractivity contribution in [1.29, 1.82) is 0 Å². The van der Waals surface area contributed by atoms with Gasteiger partial charge in [0.05, 0.1) is 26.4 Å². The van der Waals surface area contributed by atoms with E-state index in [1.54, 1.807) is 0 Å². The number of allylic oxidation sites excluding steroid dienone is 4. The second kappa shape index (κ2) is 80.2. The standard InChI is InChI=1S/C88H168O17P2/c1-6-9-12-15-18-21-24-27-30-32-34-35-37-39-42-45-48-53-59-64-69-74-88(93)104-83(77-98-85(90)71-66-61-56-51-46-43-41-38-36-33-31-28-25-22-19-16-13-10-7-2)79-102-106(94,95)100-75-82(89)76-101-107(96,97)103-80-84(78-99-86(91)72-67-62-57-54-49-50-55-60-65-70-81(4)5)105-87(92)73-68-63-58-52-47-44-40-29-26-23-20-17-14-11-8-3/h23,26,29,40,81-84,89H,6-22,24-25,27-28,30-39,41-80H2,1-5H3,(H,94,95)(H,96,97)/b26-23-,40-29-/t82-,83-,84-/m1/s1. The molecule has 0 aromatic heterocycles. The SMILES string of the molecule is CCCCCC/C=C\C=C/CCCCCCCC(=O)O[C@H](COC(=O)CCCCCCCCCCCC(C)C)COP(=O)(O)OC[C@H](O)COP(=O)(O)OC[C@@H](COC(=O)CCCCCCCCCCCCCCCCCCCCC)OC(=O)CCCCCCCCCCCCCCCCCCCCCCC. The van der Waals surface area contributed by atoms with Crippen LogP contribution in [0.1, 0.15) is 452 Å². The molecule has 3 N–H and O–H groups in total. The third-order valence-electron chi connectivity index (χ3n) is 20.2. The van der Waals surface area contributed by atoms with E-state index in [0.29, 0.717) is 25.7 Å². The third kappa shape index (κ3) is 81.4. The van der Waals surface area contributed by atoms with Crippen molar-refractivity contribution in [3.63, 3.8) is 0 Å². The van der Waals surface area contributed by atoms with Crippen molar-refractivity contribution < 1.29 is 80.2 Å². The summed E-state index contributed by atoms with van der Waals surface area (Å²) in [5, 5.41) is 10.7. The molecule has 0 rings (SSSR count). The molecule has 0 fully saturated rings. The van der Waals surface area contributed by atoms with Gasteiger partial charge < -0.3 is 33.8 Å². The molecule has 0 aromatic rings. The molecule has 0 radical (unpaired) electrons. The van der Waals surface area contributed by atoms with Crippen LogP contribution in [0.25, 0.3) is 0 Å². The van der Waals surface area contributed by atoms with E-state index in [-0.39, 0.29) is 25.7 Å². The van der Waals surface area contributed by atoms with Crippen LogP contribution in [0, 0.1) is 5.92 Å². The second-order valence-electron chi connectivity index (χ2n) is 31.4. The third-order valence-corrected chi connectivity index (χ3v) is 22.1. The minimum absolute atomic E-state index is 0.0852. The summed E-state index contributed by atoms with van der Waals surface area (Å²) in [6.07, 6.45) is 77.3. The molecule has 0 bridgehead atoms. The Bertz CT molecular complexity index is 2130. The first-order chi connectivity index (χ1) is 52.0. The molecule has 107 heavy (non-hydrogen) atoms. The van der Waals surface area contributed by atoms with Gasteiger partial charge in [-0.2, -0.15) is 0 Å². The molecule has 632 valence electrons. The summed E-state index contributed by atoms with van der Waals surface area (Å²) in [7, 11) is -9.94. The monoisotopic (exact) mass is 1560 g/mol. The number of phosphoric ester groups is 2. The van der Waals surface area contributed by atoms with E-state index >= 15 is 0 Å². The van der Waals surface area contributed by atoms with Gasteiger partial charge in [-0.15, -0.1) is 0 Å². The Kier molecular flexibility index (Phi) is 78.3. The highest BCUT2D eigenvalue weighted by atomic mass is 31.2. The van der Waals surface area contributed by atoms with Crippen molar-refractivity contribution >= 4 is 39.5 Å². The van der Waals surface area contributed by atoms with Gasteiger partial charge in [-0.1, -0.05) is 399 Å². The second-order valence-corrected chi connectivity index (χ2v) is 34.3. The van der Waals surface area contributed by atoms with Crippen LogP contribution < -0.4 is 0 Å². The molecular formula is C88H168O17P2. The van der Waals surface area contributed by atoms with E-state index in [0.717, 1.165) is 109 Å². The minimum Gasteiger partial charge on any atom is -0.462 e. The summed E-state index contributed by atoms with van der Waals surface area (Å²) in [5.41, 5.74) is 0. The van der Waals surface area contributed by atoms with E-state index < -0.39 is 97.5 Å². The molecule has 0 heterocycles. The Balaban J connectivity index is 5.27. The Hall–Kier alpha value is -2.46. The van der Waals surface area contributed by atoms with Crippen molar-refractivity contribution in [1.82, 2.24) is 0 Å².